The van der Waals surface area contributed by atoms with Crippen LogP contribution in [0.5, 0.6) is 0 Å². The van der Waals surface area contributed by atoms with Crippen molar-refractivity contribution in [3.05, 3.63) is 0 Å². The molecule has 2 heteroatoms. The number of unbranched alkanes of at least 4 members (excludes halogenated alkanes) is 1. The minimum atomic E-state index is 0.832. The molecule has 0 radical (unpaired) electrons. The summed E-state index contributed by atoms with van der Waals surface area (Å²) in [5.74, 6) is 0.832. The highest BCUT2D eigenvalue weighted by Gasteiger charge is 2.26. The van der Waals surface area contributed by atoms with Crippen LogP contribution < -0.4 is 0 Å². The number of thioether (sulfide) groups is 1. The van der Waals surface area contributed by atoms with Gasteiger partial charge < -0.3 is 0 Å². The lowest BCUT2D eigenvalue weighted by molar-refractivity contribution is 0.541. The van der Waals surface area contributed by atoms with Crippen LogP contribution in [-0.4, -0.2) is 9.45 Å². The van der Waals surface area contributed by atoms with Crippen molar-refractivity contribution in [1.82, 2.24) is 0 Å². The summed E-state index contributed by atoms with van der Waals surface area (Å²) in [6.45, 7) is 4.58. The molecule has 1 rings (SSSR count). The molecule has 1 aliphatic heterocycles. The Labute approximate surface area is 79.1 Å². The first-order valence-corrected chi connectivity index (χ1v) is 5.72. The van der Waals surface area contributed by atoms with Gasteiger partial charge in [-0.3, -0.25) is 0 Å². The number of thiocarbonyl (C=S) groups is 1. The molecule has 0 amide bonds. The van der Waals surface area contributed by atoms with E-state index in [4.69, 9.17) is 12.2 Å². The molecule has 0 saturated carbocycles. The van der Waals surface area contributed by atoms with Crippen LogP contribution in [0.3, 0.4) is 0 Å². The van der Waals surface area contributed by atoms with Crippen molar-refractivity contribution in [2.75, 3.05) is 0 Å². The summed E-state index contributed by atoms with van der Waals surface area (Å²) in [7, 11) is 0. The van der Waals surface area contributed by atoms with Crippen molar-refractivity contribution >= 4 is 28.2 Å². The normalized spacial score (nSPS) is 31.3. The third kappa shape index (κ3) is 2.75. The third-order valence-electron chi connectivity index (χ3n) is 2.25. The summed E-state index contributed by atoms with van der Waals surface area (Å²) in [5, 5.41) is 0.836. The van der Waals surface area contributed by atoms with Gasteiger partial charge in [0.15, 0.2) is 0 Å². The van der Waals surface area contributed by atoms with Gasteiger partial charge in [0.05, 0.1) is 0 Å². The van der Waals surface area contributed by atoms with Crippen molar-refractivity contribution < 1.29 is 0 Å². The fourth-order valence-electron chi connectivity index (χ4n) is 1.48. The average molecular weight is 188 g/mol. The summed E-state index contributed by atoms with van der Waals surface area (Å²) in [6, 6.07) is 0. The van der Waals surface area contributed by atoms with Gasteiger partial charge in [0, 0.05) is 9.45 Å². The minimum Gasteiger partial charge on any atom is -0.115 e. The molecule has 0 aromatic rings. The Morgan fingerprint density at radius 2 is 2.36 bits per heavy atom. The van der Waals surface area contributed by atoms with E-state index in [0.29, 0.717) is 0 Å². The van der Waals surface area contributed by atoms with E-state index < -0.39 is 0 Å². The van der Waals surface area contributed by atoms with Crippen molar-refractivity contribution in [2.45, 2.75) is 44.8 Å². The Balaban J connectivity index is 2.28. The second-order valence-corrected chi connectivity index (χ2v) is 5.44. The lowest BCUT2D eigenvalue weighted by Crippen LogP contribution is -2.06. The van der Waals surface area contributed by atoms with E-state index in [1.165, 1.54) is 29.9 Å². The monoisotopic (exact) mass is 188 g/mol. The Hall–Kier alpha value is 0.440. The topological polar surface area (TPSA) is 0 Å². The molecular formula is C9H16S2. The maximum absolute atomic E-state index is 5.19. The van der Waals surface area contributed by atoms with Crippen LogP contribution >= 0.6 is 24.0 Å². The van der Waals surface area contributed by atoms with Gasteiger partial charge in [-0.05, 0) is 18.8 Å². The molecule has 1 saturated heterocycles. The molecule has 1 heterocycles. The Morgan fingerprint density at radius 3 is 2.82 bits per heavy atom. The molecular weight excluding hydrogens is 172 g/mol. The Bertz CT molecular complexity index is 142. The largest absolute Gasteiger partial charge is 0.115 e. The predicted octanol–water partition coefficient (Wildman–Crippen LogP) is 3.65. The first kappa shape index (κ1) is 9.53. The first-order chi connectivity index (χ1) is 5.24. The van der Waals surface area contributed by atoms with Gasteiger partial charge in [0.25, 0.3) is 0 Å². The van der Waals surface area contributed by atoms with Crippen molar-refractivity contribution in [2.24, 2.45) is 5.92 Å². The minimum absolute atomic E-state index is 0.832. The average Bonchev–Trinajstić information content (AvgIpc) is 2.26. The van der Waals surface area contributed by atoms with E-state index in [0.717, 1.165) is 11.2 Å². The van der Waals surface area contributed by atoms with Crippen LogP contribution in [0.2, 0.25) is 0 Å². The van der Waals surface area contributed by atoms with Gasteiger partial charge in [-0.1, -0.05) is 38.9 Å². The highest BCUT2D eigenvalue weighted by Crippen LogP contribution is 2.37. The maximum Gasteiger partial charge on any atom is 0.0484 e. The van der Waals surface area contributed by atoms with E-state index >= 15 is 0 Å². The van der Waals surface area contributed by atoms with E-state index in [1.807, 2.05) is 11.8 Å². The Kier molecular flexibility index (Phi) is 3.86. The van der Waals surface area contributed by atoms with E-state index in [9.17, 15) is 0 Å². The van der Waals surface area contributed by atoms with Gasteiger partial charge in [-0.2, -0.15) is 0 Å². The summed E-state index contributed by atoms with van der Waals surface area (Å²) < 4.78 is 1.23. The first-order valence-electron chi connectivity index (χ1n) is 4.43. The molecule has 0 nitrogen and oxygen atoms in total. The fourth-order valence-corrected chi connectivity index (χ4v) is 3.42. The van der Waals surface area contributed by atoms with Crippen LogP contribution in [0.15, 0.2) is 0 Å². The molecule has 2 atom stereocenters. The van der Waals surface area contributed by atoms with Gasteiger partial charge >= 0.3 is 0 Å². The van der Waals surface area contributed by atoms with Crippen molar-refractivity contribution in [3.8, 4) is 0 Å². The number of hydrogen-bond donors (Lipinski definition) is 0. The Morgan fingerprint density at radius 1 is 1.64 bits per heavy atom. The molecule has 1 fully saturated rings. The summed E-state index contributed by atoms with van der Waals surface area (Å²) >= 11 is 7.13. The van der Waals surface area contributed by atoms with Crippen LogP contribution in [0.1, 0.15) is 39.5 Å². The number of rotatable bonds is 3. The molecule has 0 aliphatic carbocycles. The van der Waals surface area contributed by atoms with Crippen LogP contribution in [-0.2, 0) is 0 Å². The highest BCUT2D eigenvalue weighted by atomic mass is 32.2. The molecule has 0 aromatic carbocycles. The zero-order valence-electron chi connectivity index (χ0n) is 7.30. The lowest BCUT2D eigenvalue weighted by atomic mass is 10.0. The lowest BCUT2D eigenvalue weighted by Gasteiger charge is -2.11. The van der Waals surface area contributed by atoms with Gasteiger partial charge in [-0.15, -0.1) is 11.8 Å². The standard InChI is InChI=1S/C9H16S2/c1-3-4-5-8-7(2)6-9(10)11-8/h7-8H,3-6H2,1-2H3. The fraction of sp³-hybridized carbons (Fsp3) is 0.889. The second-order valence-electron chi connectivity index (χ2n) is 3.35. The van der Waals surface area contributed by atoms with Crippen molar-refractivity contribution in [3.63, 3.8) is 0 Å². The molecule has 64 valence electrons. The SMILES string of the molecule is CCCCC1SC(=S)CC1C. The molecule has 0 aromatic heterocycles. The number of hydrogen-bond acceptors (Lipinski definition) is 2. The third-order valence-corrected chi connectivity index (χ3v) is 4.14. The predicted molar refractivity (Wildman–Crippen MR) is 57.3 cm³/mol. The van der Waals surface area contributed by atoms with E-state index in [2.05, 4.69) is 13.8 Å². The van der Waals surface area contributed by atoms with Gasteiger partial charge in [0.1, 0.15) is 0 Å². The van der Waals surface area contributed by atoms with E-state index in [1.54, 1.807) is 0 Å². The van der Waals surface area contributed by atoms with Crippen LogP contribution in [0.25, 0.3) is 0 Å². The van der Waals surface area contributed by atoms with Gasteiger partial charge in [-0.25, -0.2) is 0 Å². The molecule has 11 heavy (non-hydrogen) atoms. The summed E-state index contributed by atoms with van der Waals surface area (Å²) in [5.41, 5.74) is 0. The zero-order chi connectivity index (χ0) is 8.27. The van der Waals surface area contributed by atoms with E-state index in [-0.39, 0.29) is 0 Å². The summed E-state index contributed by atoms with van der Waals surface area (Å²) in [4.78, 5) is 0. The molecule has 0 N–H and O–H groups in total. The van der Waals surface area contributed by atoms with Crippen LogP contribution in [0, 0.1) is 5.92 Å². The second kappa shape index (κ2) is 4.46. The zero-order valence-corrected chi connectivity index (χ0v) is 8.93. The molecule has 0 spiro atoms. The quantitative estimate of drug-likeness (QED) is 0.620. The molecule has 0 bridgehead atoms. The van der Waals surface area contributed by atoms with Gasteiger partial charge in [0.2, 0.25) is 0 Å². The smallest absolute Gasteiger partial charge is 0.0484 e. The summed E-state index contributed by atoms with van der Waals surface area (Å²) in [6.07, 6.45) is 5.22. The maximum atomic E-state index is 5.19. The molecule has 2 unspecified atom stereocenters. The van der Waals surface area contributed by atoms with Crippen molar-refractivity contribution in [1.29, 1.82) is 0 Å². The highest BCUT2D eigenvalue weighted by molar-refractivity contribution is 8.23. The van der Waals surface area contributed by atoms with Crippen LogP contribution in [0.4, 0.5) is 0 Å². The molecule has 1 aliphatic rings.